The lowest BCUT2D eigenvalue weighted by Crippen LogP contribution is -2.46. The van der Waals surface area contributed by atoms with Crippen LogP contribution in [0.5, 0.6) is 0 Å². The first-order valence-electron chi connectivity index (χ1n) is 11.0. The van der Waals surface area contributed by atoms with Gasteiger partial charge in [-0.1, -0.05) is 53.2 Å². The molecular formula is C26H25N5O3S. The number of carbonyl (C=O) groups excluding carboxylic acids is 3. The first-order chi connectivity index (χ1) is 16.9. The lowest BCUT2D eigenvalue weighted by atomic mass is 10.1. The Labute approximate surface area is 206 Å². The van der Waals surface area contributed by atoms with Crippen LogP contribution in [0.3, 0.4) is 0 Å². The molecular weight excluding hydrogens is 462 g/mol. The lowest BCUT2D eigenvalue weighted by Gasteiger charge is -2.09. The highest BCUT2D eigenvalue weighted by Gasteiger charge is 2.11. The number of hydrazine groups is 1. The average Bonchev–Trinajstić information content (AvgIpc) is 3.27. The lowest BCUT2D eigenvalue weighted by molar-refractivity contribution is -0.120. The van der Waals surface area contributed by atoms with Crippen LogP contribution in [0.1, 0.15) is 37.4 Å². The minimum absolute atomic E-state index is 0.260. The van der Waals surface area contributed by atoms with Crippen molar-refractivity contribution in [3.8, 4) is 0 Å². The molecule has 178 valence electrons. The molecule has 3 amide bonds. The molecule has 1 aromatic heterocycles. The average molecular weight is 488 g/mol. The van der Waals surface area contributed by atoms with Gasteiger partial charge in [0, 0.05) is 16.9 Å². The van der Waals surface area contributed by atoms with Gasteiger partial charge < -0.3 is 10.3 Å². The normalized spacial score (nSPS) is 10.7. The number of aromatic amines is 1. The fourth-order valence-corrected chi connectivity index (χ4v) is 4.35. The summed E-state index contributed by atoms with van der Waals surface area (Å²) >= 11 is 1.58. The van der Waals surface area contributed by atoms with Crippen LogP contribution in [-0.4, -0.2) is 34.2 Å². The number of nitrogens with one attached hydrogen (secondary N) is 4. The largest absolute Gasteiger partial charge is 0.343 e. The Hall–Kier alpha value is -4.11. The van der Waals surface area contributed by atoms with E-state index in [1.807, 2.05) is 56.3 Å². The second-order valence-electron chi connectivity index (χ2n) is 8.11. The van der Waals surface area contributed by atoms with Crippen LogP contribution in [0.2, 0.25) is 0 Å². The summed E-state index contributed by atoms with van der Waals surface area (Å²) in [5.74, 6) is -0.640. The number of benzene rings is 3. The van der Waals surface area contributed by atoms with Crippen molar-refractivity contribution in [2.75, 3.05) is 6.54 Å². The SMILES string of the molecule is Cc1cc(C)cc(C(=O)NCC(=O)NNC(=O)c2ccc(CSc3nc4ccccc4[nH]3)cc2)c1. The number of carbonyl (C=O) groups is 3. The summed E-state index contributed by atoms with van der Waals surface area (Å²) in [5.41, 5.74) is 10.4. The number of amides is 3. The van der Waals surface area contributed by atoms with E-state index in [-0.39, 0.29) is 12.5 Å². The van der Waals surface area contributed by atoms with Gasteiger partial charge in [-0.15, -0.1) is 0 Å². The third-order valence-corrected chi connectivity index (χ3v) is 6.11. The number of aryl methyl sites for hydroxylation is 2. The van der Waals surface area contributed by atoms with Gasteiger partial charge in [0.15, 0.2) is 5.16 Å². The summed E-state index contributed by atoms with van der Waals surface area (Å²) in [4.78, 5) is 44.4. The first-order valence-corrected chi connectivity index (χ1v) is 12.0. The van der Waals surface area contributed by atoms with Gasteiger partial charge in [0.05, 0.1) is 17.6 Å². The third kappa shape index (κ3) is 6.48. The van der Waals surface area contributed by atoms with Crippen LogP contribution in [0, 0.1) is 13.8 Å². The number of imidazole rings is 1. The molecule has 0 bridgehead atoms. The zero-order valence-electron chi connectivity index (χ0n) is 19.3. The zero-order chi connectivity index (χ0) is 24.8. The van der Waals surface area contributed by atoms with Crippen LogP contribution in [0.15, 0.2) is 71.9 Å². The van der Waals surface area contributed by atoms with Gasteiger partial charge in [-0.05, 0) is 55.8 Å². The second-order valence-corrected chi connectivity index (χ2v) is 9.07. The van der Waals surface area contributed by atoms with Gasteiger partial charge in [-0.25, -0.2) is 4.98 Å². The van der Waals surface area contributed by atoms with Crippen LogP contribution < -0.4 is 16.2 Å². The maximum absolute atomic E-state index is 12.3. The number of fused-ring (bicyclic) bond motifs is 1. The van der Waals surface area contributed by atoms with Gasteiger partial charge in [0.25, 0.3) is 17.7 Å². The van der Waals surface area contributed by atoms with Crippen molar-refractivity contribution >= 4 is 40.5 Å². The van der Waals surface area contributed by atoms with Gasteiger partial charge in [0.2, 0.25) is 0 Å². The smallest absolute Gasteiger partial charge is 0.269 e. The van der Waals surface area contributed by atoms with Crippen molar-refractivity contribution in [1.82, 2.24) is 26.1 Å². The maximum atomic E-state index is 12.3. The van der Waals surface area contributed by atoms with E-state index in [1.165, 1.54) is 0 Å². The van der Waals surface area contributed by atoms with Gasteiger partial charge in [-0.2, -0.15) is 0 Å². The van der Waals surface area contributed by atoms with E-state index in [2.05, 4.69) is 26.1 Å². The Morgan fingerprint density at radius 2 is 1.57 bits per heavy atom. The van der Waals surface area contributed by atoms with E-state index in [4.69, 9.17) is 0 Å². The van der Waals surface area contributed by atoms with E-state index >= 15 is 0 Å². The highest BCUT2D eigenvalue weighted by molar-refractivity contribution is 7.98. The molecule has 0 saturated heterocycles. The van der Waals surface area contributed by atoms with Crippen LogP contribution >= 0.6 is 11.8 Å². The highest BCUT2D eigenvalue weighted by Crippen LogP contribution is 2.23. The Morgan fingerprint density at radius 1 is 0.857 bits per heavy atom. The van der Waals surface area contributed by atoms with Crippen LogP contribution in [0.25, 0.3) is 11.0 Å². The summed E-state index contributed by atoms with van der Waals surface area (Å²) in [5, 5.41) is 3.38. The third-order valence-electron chi connectivity index (χ3n) is 5.17. The molecule has 4 rings (SSSR count). The number of nitrogens with zero attached hydrogens (tertiary/aromatic N) is 1. The van der Waals surface area contributed by atoms with Gasteiger partial charge >= 0.3 is 0 Å². The van der Waals surface area contributed by atoms with Gasteiger partial charge in [0.1, 0.15) is 0 Å². The van der Waals surface area contributed by atoms with E-state index in [9.17, 15) is 14.4 Å². The molecule has 35 heavy (non-hydrogen) atoms. The number of thioether (sulfide) groups is 1. The van der Waals surface area contributed by atoms with Crippen molar-refractivity contribution in [3.63, 3.8) is 0 Å². The molecule has 4 N–H and O–H groups in total. The first kappa shape index (κ1) is 24.0. The van der Waals surface area contributed by atoms with E-state index in [0.29, 0.717) is 16.9 Å². The molecule has 1 heterocycles. The molecule has 0 unspecified atom stereocenters. The predicted molar refractivity (Wildman–Crippen MR) is 136 cm³/mol. The number of hydrogen-bond donors (Lipinski definition) is 4. The standard InChI is InChI=1S/C26H25N5O3S/c1-16-11-17(2)13-20(12-16)24(33)27-14-23(32)30-31-25(34)19-9-7-18(8-10-19)15-35-26-28-21-5-3-4-6-22(21)29-26/h3-13H,14-15H2,1-2H3,(H,27,33)(H,28,29)(H,30,32)(H,31,34). The summed E-state index contributed by atoms with van der Waals surface area (Å²) < 4.78 is 0. The fourth-order valence-electron chi connectivity index (χ4n) is 3.51. The summed E-state index contributed by atoms with van der Waals surface area (Å²) in [6, 6.07) is 20.4. The summed E-state index contributed by atoms with van der Waals surface area (Å²) in [6.45, 7) is 3.54. The van der Waals surface area contributed by atoms with Crippen molar-refractivity contribution in [2.45, 2.75) is 24.8 Å². The van der Waals surface area contributed by atoms with Crippen molar-refractivity contribution in [2.24, 2.45) is 0 Å². The number of H-pyrrole nitrogens is 1. The quantitative estimate of drug-likeness (QED) is 0.235. The number of hydrogen-bond acceptors (Lipinski definition) is 5. The molecule has 0 aliphatic carbocycles. The van der Waals surface area contributed by atoms with E-state index in [0.717, 1.165) is 32.9 Å². The molecule has 3 aromatic carbocycles. The second kappa shape index (κ2) is 10.9. The highest BCUT2D eigenvalue weighted by atomic mass is 32.2. The Bertz CT molecular complexity index is 1330. The number of aromatic nitrogens is 2. The Morgan fingerprint density at radius 3 is 2.29 bits per heavy atom. The van der Waals surface area contributed by atoms with Crippen molar-refractivity contribution < 1.29 is 14.4 Å². The Balaban J connectivity index is 1.22. The molecule has 4 aromatic rings. The minimum atomic E-state index is -0.532. The monoisotopic (exact) mass is 487 g/mol. The number of rotatable bonds is 7. The predicted octanol–water partition coefficient (Wildman–Crippen LogP) is 3.66. The van der Waals surface area contributed by atoms with Crippen molar-refractivity contribution in [1.29, 1.82) is 0 Å². The zero-order valence-corrected chi connectivity index (χ0v) is 20.2. The molecule has 0 saturated carbocycles. The minimum Gasteiger partial charge on any atom is -0.343 e. The van der Waals surface area contributed by atoms with Crippen LogP contribution in [0.4, 0.5) is 0 Å². The van der Waals surface area contributed by atoms with E-state index in [1.54, 1.807) is 36.0 Å². The van der Waals surface area contributed by atoms with E-state index < -0.39 is 11.8 Å². The summed E-state index contributed by atoms with van der Waals surface area (Å²) in [7, 11) is 0. The molecule has 0 aliphatic heterocycles. The Kier molecular flexibility index (Phi) is 7.47. The molecule has 9 heteroatoms. The molecule has 0 radical (unpaired) electrons. The summed E-state index contributed by atoms with van der Waals surface area (Å²) in [6.07, 6.45) is 0. The molecule has 0 atom stereocenters. The molecule has 0 spiro atoms. The molecule has 8 nitrogen and oxygen atoms in total. The fraction of sp³-hybridized carbons (Fsp3) is 0.154. The maximum Gasteiger partial charge on any atom is 0.269 e. The van der Waals surface area contributed by atoms with Crippen LogP contribution in [-0.2, 0) is 10.5 Å². The van der Waals surface area contributed by atoms with Gasteiger partial charge in [-0.3, -0.25) is 25.2 Å². The molecule has 0 fully saturated rings. The molecule has 0 aliphatic rings. The number of para-hydroxylation sites is 2. The van der Waals surface area contributed by atoms with Crippen molar-refractivity contribution in [3.05, 3.63) is 94.5 Å². The topological polar surface area (TPSA) is 116 Å².